The fourth-order valence-electron chi connectivity index (χ4n) is 2.65. The Bertz CT molecular complexity index is 785. The van der Waals surface area contributed by atoms with Gasteiger partial charge in [0.2, 0.25) is 5.91 Å². The van der Waals surface area contributed by atoms with Crippen LogP contribution in [0.5, 0.6) is 0 Å². The van der Waals surface area contributed by atoms with Gasteiger partial charge in [-0.1, -0.05) is 26.0 Å². The number of thiazole rings is 1. The van der Waals surface area contributed by atoms with Crippen LogP contribution in [-0.2, 0) is 17.8 Å². The number of carbonyl (C=O) groups is 1. The second-order valence-electron chi connectivity index (χ2n) is 7.08. The molecule has 0 spiro atoms. The van der Waals surface area contributed by atoms with Crippen molar-refractivity contribution >= 4 is 28.9 Å². The molecule has 6 nitrogen and oxygen atoms in total. The number of carbonyl (C=O) groups excluding carboxylic acids is 1. The summed E-state index contributed by atoms with van der Waals surface area (Å²) in [5, 5.41) is 10.7. The fraction of sp³-hybridized carbons (Fsp3) is 0.476. The number of aromatic nitrogens is 1. The monoisotopic (exact) mass is 401 g/mol. The molecule has 0 radical (unpaired) electrons. The molecule has 1 amide bonds. The highest BCUT2D eigenvalue weighted by Gasteiger charge is 2.06. The Morgan fingerprint density at radius 3 is 2.79 bits per heavy atom. The summed E-state index contributed by atoms with van der Waals surface area (Å²) in [7, 11) is 0. The third kappa shape index (κ3) is 8.08. The molecule has 152 valence electrons. The average molecular weight is 402 g/mol. The zero-order chi connectivity index (χ0) is 20.4. The van der Waals surface area contributed by atoms with Crippen molar-refractivity contribution in [2.75, 3.05) is 18.4 Å². The maximum absolute atomic E-state index is 12.0. The van der Waals surface area contributed by atoms with E-state index in [2.05, 4.69) is 32.9 Å². The molecule has 3 N–H and O–H groups in total. The van der Waals surface area contributed by atoms with Crippen LogP contribution in [0.4, 0.5) is 5.69 Å². The number of amides is 1. The number of hydrogen-bond donors (Lipinski definition) is 3. The number of hydrogen-bond acceptors (Lipinski definition) is 4. The van der Waals surface area contributed by atoms with E-state index >= 15 is 0 Å². The van der Waals surface area contributed by atoms with Crippen molar-refractivity contribution in [1.29, 1.82) is 0 Å². The van der Waals surface area contributed by atoms with Crippen LogP contribution in [-0.4, -0.2) is 29.9 Å². The van der Waals surface area contributed by atoms with Crippen LogP contribution in [0.3, 0.4) is 0 Å². The first-order valence-electron chi connectivity index (χ1n) is 9.78. The Balaban J connectivity index is 1.90. The first-order chi connectivity index (χ1) is 13.5. The summed E-state index contributed by atoms with van der Waals surface area (Å²) >= 11 is 1.73. The second-order valence-corrected chi connectivity index (χ2v) is 8.40. The Kier molecular flexibility index (Phi) is 8.94. The summed E-state index contributed by atoms with van der Waals surface area (Å²) in [6, 6.07) is 7.85. The lowest BCUT2D eigenvalue weighted by Gasteiger charge is -2.11. The third-order valence-corrected chi connectivity index (χ3v) is 4.84. The van der Waals surface area contributed by atoms with E-state index in [0.29, 0.717) is 18.9 Å². The van der Waals surface area contributed by atoms with Crippen LogP contribution in [0.25, 0.3) is 0 Å². The molecule has 2 rings (SSSR count). The van der Waals surface area contributed by atoms with Crippen molar-refractivity contribution in [3.05, 3.63) is 45.9 Å². The molecule has 0 aliphatic carbocycles. The molecule has 0 saturated heterocycles. The number of anilines is 1. The molecule has 0 atom stereocenters. The van der Waals surface area contributed by atoms with Gasteiger partial charge in [-0.25, -0.2) is 9.98 Å². The maximum atomic E-state index is 12.0. The summed E-state index contributed by atoms with van der Waals surface area (Å²) in [6.45, 7) is 10.3. The van der Waals surface area contributed by atoms with Gasteiger partial charge in [-0.2, -0.15) is 0 Å². The van der Waals surface area contributed by atoms with Crippen molar-refractivity contribution in [3.63, 3.8) is 0 Å². The SMILES string of the molecule is CCNC(=NCc1cccc(NC(=O)CC(C)C)c1)NCCc1ncc(C)s1. The minimum Gasteiger partial charge on any atom is -0.357 e. The number of nitrogens with one attached hydrogen (secondary N) is 3. The molecule has 28 heavy (non-hydrogen) atoms. The van der Waals surface area contributed by atoms with Crippen molar-refractivity contribution in [3.8, 4) is 0 Å². The Morgan fingerprint density at radius 1 is 1.29 bits per heavy atom. The predicted octanol–water partition coefficient (Wildman–Crippen LogP) is 3.73. The molecular weight excluding hydrogens is 370 g/mol. The van der Waals surface area contributed by atoms with E-state index in [-0.39, 0.29) is 5.91 Å². The minimum absolute atomic E-state index is 0.0445. The van der Waals surface area contributed by atoms with Crippen LogP contribution in [0, 0.1) is 12.8 Å². The lowest BCUT2D eigenvalue weighted by Crippen LogP contribution is -2.38. The van der Waals surface area contributed by atoms with Gasteiger partial charge in [0.25, 0.3) is 0 Å². The standard InChI is InChI=1S/C21H31N5OS/c1-5-22-21(23-10-9-20-24-13-16(4)28-20)25-14-17-7-6-8-18(12-17)26-19(27)11-15(2)3/h6-8,12-13,15H,5,9-11,14H2,1-4H3,(H,26,27)(H2,22,23,25). The minimum atomic E-state index is 0.0445. The molecule has 7 heteroatoms. The normalized spacial score (nSPS) is 11.5. The van der Waals surface area contributed by atoms with Gasteiger partial charge in [-0.15, -0.1) is 11.3 Å². The molecule has 0 bridgehead atoms. The quantitative estimate of drug-likeness (QED) is 0.442. The second kappa shape index (κ2) is 11.4. The van der Waals surface area contributed by atoms with Gasteiger partial charge >= 0.3 is 0 Å². The zero-order valence-electron chi connectivity index (χ0n) is 17.2. The van der Waals surface area contributed by atoms with E-state index in [1.54, 1.807) is 11.3 Å². The number of nitrogens with zero attached hydrogens (tertiary/aromatic N) is 2. The molecule has 0 fully saturated rings. The molecule has 1 aromatic heterocycles. The zero-order valence-corrected chi connectivity index (χ0v) is 18.0. The highest BCUT2D eigenvalue weighted by Crippen LogP contribution is 2.13. The lowest BCUT2D eigenvalue weighted by atomic mass is 10.1. The topological polar surface area (TPSA) is 78.4 Å². The third-order valence-electron chi connectivity index (χ3n) is 3.87. The van der Waals surface area contributed by atoms with Crippen molar-refractivity contribution in [2.24, 2.45) is 10.9 Å². The molecular formula is C21H31N5OS. The Morgan fingerprint density at radius 2 is 2.11 bits per heavy atom. The number of aliphatic imine (C=N–C) groups is 1. The van der Waals surface area contributed by atoms with Gasteiger partial charge in [-0.3, -0.25) is 4.79 Å². The number of aryl methyl sites for hydroxylation is 1. The fourth-order valence-corrected chi connectivity index (χ4v) is 3.43. The van der Waals surface area contributed by atoms with Crippen LogP contribution in [0.2, 0.25) is 0 Å². The molecule has 1 aromatic carbocycles. The average Bonchev–Trinajstić information content (AvgIpc) is 3.04. The molecule has 1 heterocycles. The summed E-state index contributed by atoms with van der Waals surface area (Å²) in [5.74, 6) is 1.17. The molecule has 0 unspecified atom stereocenters. The van der Waals surface area contributed by atoms with E-state index in [1.165, 1.54) is 4.88 Å². The number of benzene rings is 1. The molecule has 2 aromatic rings. The maximum Gasteiger partial charge on any atom is 0.224 e. The van der Waals surface area contributed by atoms with Gasteiger partial charge in [-0.05, 0) is 37.5 Å². The van der Waals surface area contributed by atoms with Crippen molar-refractivity contribution < 1.29 is 4.79 Å². The van der Waals surface area contributed by atoms with E-state index in [0.717, 1.165) is 41.7 Å². The van der Waals surface area contributed by atoms with Crippen LogP contribution in [0.1, 0.15) is 42.6 Å². The summed E-state index contributed by atoms with van der Waals surface area (Å²) in [5.41, 5.74) is 1.87. The summed E-state index contributed by atoms with van der Waals surface area (Å²) < 4.78 is 0. The van der Waals surface area contributed by atoms with Crippen LogP contribution >= 0.6 is 11.3 Å². The number of guanidine groups is 1. The molecule has 0 aliphatic heterocycles. The van der Waals surface area contributed by atoms with Gasteiger partial charge in [0, 0.05) is 42.7 Å². The van der Waals surface area contributed by atoms with Crippen molar-refractivity contribution in [1.82, 2.24) is 15.6 Å². The largest absolute Gasteiger partial charge is 0.357 e. The summed E-state index contributed by atoms with van der Waals surface area (Å²) in [4.78, 5) is 22.2. The van der Waals surface area contributed by atoms with Gasteiger partial charge < -0.3 is 16.0 Å². The highest BCUT2D eigenvalue weighted by molar-refractivity contribution is 7.11. The van der Waals surface area contributed by atoms with E-state index in [9.17, 15) is 4.79 Å². The van der Waals surface area contributed by atoms with Gasteiger partial charge in [0.15, 0.2) is 5.96 Å². The van der Waals surface area contributed by atoms with E-state index < -0.39 is 0 Å². The first-order valence-corrected chi connectivity index (χ1v) is 10.6. The van der Waals surface area contributed by atoms with Crippen LogP contribution in [0.15, 0.2) is 35.5 Å². The van der Waals surface area contributed by atoms with E-state index in [1.807, 2.05) is 51.2 Å². The first kappa shape index (κ1) is 21.9. The lowest BCUT2D eigenvalue weighted by molar-refractivity contribution is -0.116. The smallest absolute Gasteiger partial charge is 0.224 e. The van der Waals surface area contributed by atoms with E-state index in [4.69, 9.17) is 0 Å². The highest BCUT2D eigenvalue weighted by atomic mass is 32.1. The molecule has 0 aliphatic rings. The predicted molar refractivity (Wildman–Crippen MR) is 118 cm³/mol. The Hall–Kier alpha value is -2.41. The van der Waals surface area contributed by atoms with Crippen LogP contribution < -0.4 is 16.0 Å². The van der Waals surface area contributed by atoms with Gasteiger partial charge in [0.1, 0.15) is 0 Å². The Labute approximate surface area is 171 Å². The molecule has 0 saturated carbocycles. The number of rotatable bonds is 9. The summed E-state index contributed by atoms with van der Waals surface area (Å²) in [6.07, 6.45) is 3.31. The van der Waals surface area contributed by atoms with Crippen molar-refractivity contribution in [2.45, 2.75) is 47.1 Å². The van der Waals surface area contributed by atoms with Gasteiger partial charge in [0.05, 0.1) is 11.6 Å².